The van der Waals surface area contributed by atoms with Gasteiger partial charge >= 0.3 is 16.1 Å². The monoisotopic (exact) mass is 564 g/mol. The average molecular weight is 564 g/mol. The Bertz CT molecular complexity index is 959. The van der Waals surface area contributed by atoms with Crippen LogP contribution in [0.5, 0.6) is 11.5 Å². The number of benzene rings is 2. The number of carbonyl (C=O) groups excluding carboxylic acids is 1. The van der Waals surface area contributed by atoms with E-state index in [2.05, 4.69) is 0 Å². The lowest BCUT2D eigenvalue weighted by molar-refractivity contribution is 0.0720. The summed E-state index contributed by atoms with van der Waals surface area (Å²) in [6.07, 6.45) is 0. The van der Waals surface area contributed by atoms with Crippen LogP contribution in [0.4, 0.5) is 8.78 Å². The number of hydrogen-bond donors (Lipinski definition) is 0. The normalized spacial score (nSPS) is 15.6. The third-order valence-electron chi connectivity index (χ3n) is 2.94. The van der Waals surface area contributed by atoms with Gasteiger partial charge in [0.2, 0.25) is 0 Å². The third-order valence-corrected chi connectivity index (χ3v) is 6.11. The van der Waals surface area contributed by atoms with Crippen LogP contribution in [0.25, 0.3) is 0 Å². The molecule has 0 bridgehead atoms. The molecule has 0 amide bonds. The molecule has 120 valence electrons. The molecule has 10 heteroatoms. The van der Waals surface area contributed by atoms with Gasteiger partial charge < -0.3 is 8.92 Å². The lowest BCUT2D eigenvalue weighted by Crippen LogP contribution is -2.23. The zero-order chi connectivity index (χ0) is 16.9. The van der Waals surface area contributed by atoms with Crippen molar-refractivity contribution in [2.75, 3.05) is 0 Å². The molecule has 0 fully saturated rings. The molecule has 0 aromatic heterocycles. The molecule has 0 atom stereocenters. The fourth-order valence-electron chi connectivity index (χ4n) is 1.92. The summed E-state index contributed by atoms with van der Waals surface area (Å²) in [5, 5.41) is 0. The average Bonchev–Trinajstić information content (AvgIpc) is 2.50. The minimum absolute atomic E-state index is 0.295. The van der Waals surface area contributed by atoms with Gasteiger partial charge in [-0.25, -0.2) is 13.6 Å². The van der Waals surface area contributed by atoms with E-state index in [9.17, 15) is 22.0 Å². The van der Waals surface area contributed by atoms with Crippen molar-refractivity contribution in [1.82, 2.24) is 0 Å². The topological polar surface area (TPSA) is 69.7 Å². The Balaban J connectivity index is 2.37. The zero-order valence-corrected chi connectivity index (χ0v) is 15.9. The van der Waals surface area contributed by atoms with Gasteiger partial charge in [0.1, 0.15) is 10.5 Å². The summed E-state index contributed by atoms with van der Waals surface area (Å²) in [5.41, 5.74) is -0.765. The van der Waals surface area contributed by atoms with Crippen molar-refractivity contribution in [2.24, 2.45) is 0 Å². The summed E-state index contributed by atoms with van der Waals surface area (Å²) < 4.78 is 61.9. The molecule has 2 aromatic rings. The molecule has 1 aliphatic rings. The van der Waals surface area contributed by atoms with Crippen LogP contribution in [-0.4, -0.2) is 14.4 Å². The van der Waals surface area contributed by atoms with E-state index in [0.29, 0.717) is 0 Å². The van der Waals surface area contributed by atoms with Crippen LogP contribution in [-0.2, 0) is 10.1 Å². The lowest BCUT2D eigenvalue weighted by atomic mass is 10.2. The van der Waals surface area contributed by atoms with E-state index in [0.717, 1.165) is 6.07 Å². The van der Waals surface area contributed by atoms with Crippen molar-refractivity contribution in [2.45, 2.75) is 4.90 Å². The summed E-state index contributed by atoms with van der Waals surface area (Å²) in [6.45, 7) is 0. The Kier molecular flexibility index (Phi) is 4.25. The van der Waals surface area contributed by atoms with Gasteiger partial charge in [0.25, 0.3) is 0 Å². The van der Waals surface area contributed by atoms with Crippen LogP contribution in [0.2, 0.25) is 0 Å². The Morgan fingerprint density at radius 2 is 1.65 bits per heavy atom. The standard InChI is InChI=1S/C13H4F2I2O5S/c14-8-7-12(11(17)9(15)10(8)16)22-23(19,20)6-4-2-1-3-5(6)21-13(7)18/h1-4H. The molecule has 0 saturated heterocycles. The maximum absolute atomic E-state index is 14.3. The van der Waals surface area contributed by atoms with Gasteiger partial charge in [-0.15, -0.1) is 0 Å². The number of esters is 1. The van der Waals surface area contributed by atoms with E-state index in [-0.39, 0.29) is 9.32 Å². The zero-order valence-electron chi connectivity index (χ0n) is 10.8. The smallest absolute Gasteiger partial charge is 0.350 e. The quantitative estimate of drug-likeness (QED) is 0.123. The summed E-state index contributed by atoms with van der Waals surface area (Å²) in [5.74, 6) is -4.44. The lowest BCUT2D eigenvalue weighted by Gasteiger charge is -2.19. The fraction of sp³-hybridized carbons (Fsp3) is 0. The highest BCUT2D eigenvalue weighted by Gasteiger charge is 2.36. The number of halogens is 4. The number of carbonyl (C=O) groups is 1. The molecule has 0 saturated carbocycles. The van der Waals surface area contributed by atoms with E-state index in [1.807, 2.05) is 0 Å². The van der Waals surface area contributed by atoms with Gasteiger partial charge in [-0.1, -0.05) is 12.1 Å². The second-order valence-electron chi connectivity index (χ2n) is 4.33. The van der Waals surface area contributed by atoms with Crippen LogP contribution in [0, 0.1) is 18.8 Å². The minimum Gasteiger partial charge on any atom is -0.421 e. The Morgan fingerprint density at radius 3 is 2.35 bits per heavy atom. The molecule has 5 nitrogen and oxygen atoms in total. The molecule has 0 spiro atoms. The highest BCUT2D eigenvalue weighted by atomic mass is 127. The SMILES string of the molecule is O=C1Oc2ccccc2S(=O)(=O)Oc2c(I)c(F)c(I)c(F)c21. The van der Waals surface area contributed by atoms with Crippen molar-refractivity contribution in [3.63, 3.8) is 0 Å². The summed E-state index contributed by atoms with van der Waals surface area (Å²) >= 11 is 2.82. The maximum atomic E-state index is 14.3. The van der Waals surface area contributed by atoms with Crippen molar-refractivity contribution in [3.8, 4) is 11.5 Å². The maximum Gasteiger partial charge on any atom is 0.350 e. The molecule has 3 rings (SSSR count). The second kappa shape index (κ2) is 5.81. The van der Waals surface area contributed by atoms with Crippen LogP contribution in [0.15, 0.2) is 29.2 Å². The largest absolute Gasteiger partial charge is 0.421 e. The van der Waals surface area contributed by atoms with E-state index >= 15 is 0 Å². The van der Waals surface area contributed by atoms with Crippen molar-refractivity contribution >= 4 is 61.3 Å². The number of hydrogen-bond acceptors (Lipinski definition) is 5. The molecule has 1 aliphatic heterocycles. The van der Waals surface area contributed by atoms with Crippen LogP contribution >= 0.6 is 45.2 Å². The van der Waals surface area contributed by atoms with Crippen LogP contribution in [0.3, 0.4) is 0 Å². The second-order valence-corrected chi connectivity index (χ2v) is 8.01. The van der Waals surface area contributed by atoms with Gasteiger partial charge in [0, 0.05) is 0 Å². The Labute approximate surface area is 156 Å². The van der Waals surface area contributed by atoms with Crippen molar-refractivity contribution < 1.29 is 30.9 Å². The molecule has 0 aliphatic carbocycles. The number of para-hydroxylation sites is 1. The van der Waals surface area contributed by atoms with E-state index in [1.165, 1.54) is 63.4 Å². The molecular weight excluding hydrogens is 560 g/mol. The van der Waals surface area contributed by atoms with Gasteiger partial charge in [-0.3, -0.25) is 0 Å². The third kappa shape index (κ3) is 2.69. The molecule has 2 aromatic carbocycles. The van der Waals surface area contributed by atoms with Gasteiger partial charge in [-0.05, 0) is 57.3 Å². The first kappa shape index (κ1) is 16.8. The predicted molar refractivity (Wildman–Crippen MR) is 91.0 cm³/mol. The Hall–Kier alpha value is -1.02. The van der Waals surface area contributed by atoms with E-state index < -0.39 is 47.5 Å². The van der Waals surface area contributed by atoms with Crippen LogP contribution in [0.1, 0.15) is 10.4 Å². The van der Waals surface area contributed by atoms with Crippen molar-refractivity contribution in [1.29, 1.82) is 0 Å². The number of ether oxygens (including phenoxy) is 1. The first-order valence-electron chi connectivity index (χ1n) is 5.85. The molecule has 23 heavy (non-hydrogen) atoms. The Morgan fingerprint density at radius 1 is 1.00 bits per heavy atom. The highest BCUT2D eigenvalue weighted by molar-refractivity contribution is 14.1. The van der Waals surface area contributed by atoms with Crippen LogP contribution < -0.4 is 8.92 Å². The summed E-state index contributed by atoms with van der Waals surface area (Å²) in [7, 11) is -4.43. The fourth-order valence-corrected chi connectivity index (χ4v) is 4.85. The highest BCUT2D eigenvalue weighted by Crippen LogP contribution is 2.39. The summed E-state index contributed by atoms with van der Waals surface area (Å²) in [4.78, 5) is 11.8. The first-order valence-corrected chi connectivity index (χ1v) is 9.42. The van der Waals surface area contributed by atoms with Gasteiger partial charge in [-0.2, -0.15) is 8.42 Å². The summed E-state index contributed by atoms with van der Waals surface area (Å²) in [6, 6.07) is 5.24. The van der Waals surface area contributed by atoms with E-state index in [1.54, 1.807) is 0 Å². The molecule has 0 radical (unpaired) electrons. The minimum atomic E-state index is -4.43. The molecule has 1 heterocycles. The van der Waals surface area contributed by atoms with Gasteiger partial charge in [0.15, 0.2) is 23.1 Å². The number of fused-ring (bicyclic) bond motifs is 2. The van der Waals surface area contributed by atoms with Gasteiger partial charge in [0.05, 0.1) is 7.14 Å². The van der Waals surface area contributed by atoms with E-state index in [4.69, 9.17) is 8.92 Å². The predicted octanol–water partition coefficient (Wildman–Crippen LogP) is 3.47. The van der Waals surface area contributed by atoms with Crippen molar-refractivity contribution in [3.05, 3.63) is 48.6 Å². The number of rotatable bonds is 0. The molecule has 0 N–H and O–H groups in total. The first-order chi connectivity index (χ1) is 10.7. The molecule has 0 unspecified atom stereocenters. The molecular formula is C13H4F2I2O5S.